The molecular formula is C31H33BrF2N2O3. The molecule has 3 aromatic carbocycles. The second-order valence-corrected chi connectivity index (χ2v) is 11.0. The van der Waals surface area contributed by atoms with E-state index in [4.69, 9.17) is 9.47 Å². The molecule has 3 aromatic rings. The van der Waals surface area contributed by atoms with Crippen molar-refractivity contribution in [3.05, 3.63) is 101 Å². The normalized spacial score (nSPS) is 23.1. The number of hydrogen-bond donors (Lipinski definition) is 1. The Bertz CT molecular complexity index is 1280. The molecule has 4 aliphatic rings. The molecule has 3 fully saturated rings. The van der Waals surface area contributed by atoms with E-state index in [1.165, 1.54) is 35.4 Å². The van der Waals surface area contributed by atoms with Gasteiger partial charge in [-0.2, -0.15) is 0 Å². The van der Waals surface area contributed by atoms with Crippen LogP contribution in [0.3, 0.4) is 0 Å². The van der Waals surface area contributed by atoms with Crippen molar-refractivity contribution in [2.75, 3.05) is 32.8 Å². The zero-order chi connectivity index (χ0) is 26.1. The highest BCUT2D eigenvalue weighted by atomic mass is 79.9. The third-order valence-corrected chi connectivity index (χ3v) is 8.56. The van der Waals surface area contributed by atoms with Gasteiger partial charge in [0.05, 0.1) is 38.8 Å². The van der Waals surface area contributed by atoms with Crippen LogP contribution in [0.15, 0.2) is 66.7 Å². The summed E-state index contributed by atoms with van der Waals surface area (Å²) in [7, 11) is 0. The molecule has 1 atom stereocenters. The Labute approximate surface area is 238 Å². The summed E-state index contributed by atoms with van der Waals surface area (Å²) in [5.41, 5.74) is 3.56. The van der Waals surface area contributed by atoms with Crippen molar-refractivity contribution >= 4 is 6.09 Å². The van der Waals surface area contributed by atoms with Gasteiger partial charge in [-0.3, -0.25) is 0 Å². The van der Waals surface area contributed by atoms with Crippen LogP contribution >= 0.6 is 0 Å². The molecule has 1 N–H and O–H groups in total. The summed E-state index contributed by atoms with van der Waals surface area (Å²) in [6, 6.07) is 18.4. The van der Waals surface area contributed by atoms with Crippen molar-refractivity contribution in [2.45, 2.75) is 37.8 Å². The predicted molar refractivity (Wildman–Crippen MR) is 140 cm³/mol. The first-order chi connectivity index (χ1) is 18.5. The van der Waals surface area contributed by atoms with Gasteiger partial charge in [0.1, 0.15) is 17.4 Å². The Morgan fingerprint density at radius 2 is 1.69 bits per heavy atom. The summed E-state index contributed by atoms with van der Waals surface area (Å²) in [6.07, 6.45) is 2.65. The van der Waals surface area contributed by atoms with Gasteiger partial charge in [0, 0.05) is 25.7 Å². The number of alkyl carbamates (subject to hydrolysis) is 1. The summed E-state index contributed by atoms with van der Waals surface area (Å²) in [5.74, 6) is 0.555. The van der Waals surface area contributed by atoms with Crippen molar-refractivity contribution in [3.8, 4) is 5.75 Å². The van der Waals surface area contributed by atoms with Crippen molar-refractivity contribution in [1.82, 2.24) is 5.32 Å². The van der Waals surface area contributed by atoms with Crippen LogP contribution in [0.25, 0.3) is 0 Å². The van der Waals surface area contributed by atoms with E-state index in [9.17, 15) is 13.6 Å². The molecule has 4 aliphatic heterocycles. The van der Waals surface area contributed by atoms with Gasteiger partial charge in [-0.25, -0.2) is 13.6 Å². The van der Waals surface area contributed by atoms with Gasteiger partial charge in [0.15, 0.2) is 6.10 Å². The molecular weight excluding hydrogens is 566 g/mol. The largest absolute Gasteiger partial charge is 1.00 e. The lowest BCUT2D eigenvalue weighted by atomic mass is 9.81. The van der Waals surface area contributed by atoms with E-state index < -0.39 is 23.8 Å². The maximum atomic E-state index is 14.0. The average Bonchev–Trinajstić information content (AvgIpc) is 3.39. The molecule has 0 radical (unpaired) electrons. The van der Waals surface area contributed by atoms with Crippen LogP contribution in [0.1, 0.15) is 41.2 Å². The smallest absolute Gasteiger partial charge is 0.408 e. The SMILES string of the molecule is O=C(NC1C[N+]2(CCc3ccc4c(c3)CCO4)CCC1CC2)OC(c1cccc(F)c1)c1cccc(F)c1.[Br-]. The monoisotopic (exact) mass is 598 g/mol. The van der Waals surface area contributed by atoms with E-state index >= 15 is 0 Å². The van der Waals surface area contributed by atoms with E-state index in [2.05, 4.69) is 23.5 Å². The van der Waals surface area contributed by atoms with Crippen LogP contribution in [0.5, 0.6) is 5.75 Å². The van der Waals surface area contributed by atoms with Gasteiger partial charge in [-0.1, -0.05) is 36.4 Å². The molecule has 1 amide bonds. The first-order valence-corrected chi connectivity index (χ1v) is 13.5. The van der Waals surface area contributed by atoms with Crippen LogP contribution in [-0.2, 0) is 17.6 Å². The number of rotatable bonds is 7. The van der Waals surface area contributed by atoms with Crippen LogP contribution in [-0.4, -0.2) is 49.4 Å². The van der Waals surface area contributed by atoms with Crippen LogP contribution in [0.2, 0.25) is 0 Å². The van der Waals surface area contributed by atoms with Gasteiger partial charge in [0.2, 0.25) is 0 Å². The second kappa shape index (κ2) is 11.6. The van der Waals surface area contributed by atoms with Crippen molar-refractivity contribution in [3.63, 3.8) is 0 Å². The minimum atomic E-state index is -0.908. The lowest BCUT2D eigenvalue weighted by Gasteiger charge is -2.52. The molecule has 1 unspecified atom stereocenters. The maximum absolute atomic E-state index is 14.0. The Morgan fingerprint density at radius 1 is 1.00 bits per heavy atom. The van der Waals surface area contributed by atoms with Crippen molar-refractivity contribution in [1.29, 1.82) is 0 Å². The van der Waals surface area contributed by atoms with E-state index in [-0.39, 0.29) is 23.0 Å². The van der Waals surface area contributed by atoms with Crippen molar-refractivity contribution < 1.29 is 44.5 Å². The van der Waals surface area contributed by atoms with Gasteiger partial charge in [-0.05, 0) is 58.5 Å². The number of ether oxygens (including phenoxy) is 2. The molecule has 3 saturated heterocycles. The number of fused-ring (bicyclic) bond motifs is 4. The Kier molecular flexibility index (Phi) is 8.24. The quantitative estimate of drug-likeness (QED) is 0.425. The molecule has 0 aromatic heterocycles. The molecule has 7 rings (SSSR count). The highest BCUT2D eigenvalue weighted by molar-refractivity contribution is 5.68. The Balaban J connectivity index is 0.00000308. The fourth-order valence-corrected chi connectivity index (χ4v) is 6.49. The molecule has 206 valence electrons. The minimum Gasteiger partial charge on any atom is -1.00 e. The van der Waals surface area contributed by atoms with E-state index in [0.717, 1.165) is 68.7 Å². The number of piperidine rings is 3. The third-order valence-electron chi connectivity index (χ3n) is 8.56. The number of carbonyl (C=O) groups excluding carboxylic acids is 1. The van der Waals surface area contributed by atoms with Gasteiger partial charge < -0.3 is 36.3 Å². The standard InChI is InChI=1S/C31H32F2N2O3.BrH/c32-26-5-1-3-24(18-26)30(25-4-2-6-27(33)19-25)38-31(36)34-28-20-35(14-10-22(28)11-15-35)13-9-21-7-8-29-23(17-21)12-16-37-29;/h1-8,17-19,22,28,30H,9-16,20H2;1H. The fourth-order valence-electron chi connectivity index (χ4n) is 6.49. The van der Waals surface area contributed by atoms with Gasteiger partial charge in [0.25, 0.3) is 0 Å². The zero-order valence-corrected chi connectivity index (χ0v) is 23.3. The maximum Gasteiger partial charge on any atom is 0.408 e. The molecule has 4 heterocycles. The number of amides is 1. The topological polar surface area (TPSA) is 47.6 Å². The van der Waals surface area contributed by atoms with Crippen LogP contribution in [0, 0.1) is 17.6 Å². The highest BCUT2D eigenvalue weighted by Gasteiger charge is 2.46. The number of quaternary nitrogens is 1. The van der Waals surface area contributed by atoms with Crippen LogP contribution < -0.4 is 27.0 Å². The lowest BCUT2D eigenvalue weighted by Crippen LogP contribution is -3.00. The number of nitrogens with zero attached hydrogens (tertiary/aromatic N) is 1. The zero-order valence-electron chi connectivity index (χ0n) is 21.8. The van der Waals surface area contributed by atoms with Crippen molar-refractivity contribution in [2.24, 2.45) is 5.92 Å². The summed E-state index contributed by atoms with van der Waals surface area (Å²) in [4.78, 5) is 13.2. The Morgan fingerprint density at radius 3 is 2.36 bits per heavy atom. The van der Waals surface area contributed by atoms with Crippen LogP contribution in [0.4, 0.5) is 13.6 Å². The number of halogens is 3. The minimum absolute atomic E-state index is 0. The predicted octanol–water partition coefficient (Wildman–Crippen LogP) is 2.57. The summed E-state index contributed by atoms with van der Waals surface area (Å²) in [5, 5.41) is 3.13. The number of nitrogens with one attached hydrogen (secondary N) is 1. The first-order valence-electron chi connectivity index (χ1n) is 13.5. The fraction of sp³-hybridized carbons (Fsp3) is 0.387. The molecule has 0 aliphatic carbocycles. The van der Waals surface area contributed by atoms with E-state index in [1.807, 2.05) is 0 Å². The molecule has 8 heteroatoms. The molecule has 0 spiro atoms. The number of carbonyl (C=O) groups is 1. The van der Waals surface area contributed by atoms with E-state index in [0.29, 0.717) is 17.0 Å². The molecule has 5 nitrogen and oxygen atoms in total. The summed E-state index contributed by atoms with van der Waals surface area (Å²) < 4.78 is 40.5. The first kappa shape index (κ1) is 27.6. The second-order valence-electron chi connectivity index (χ2n) is 11.0. The van der Waals surface area contributed by atoms with Gasteiger partial charge >= 0.3 is 6.09 Å². The molecule has 0 saturated carbocycles. The van der Waals surface area contributed by atoms with Gasteiger partial charge in [-0.15, -0.1) is 0 Å². The molecule has 39 heavy (non-hydrogen) atoms. The summed E-state index contributed by atoms with van der Waals surface area (Å²) >= 11 is 0. The summed E-state index contributed by atoms with van der Waals surface area (Å²) in [6.45, 7) is 4.93. The highest BCUT2D eigenvalue weighted by Crippen LogP contribution is 2.35. The lowest BCUT2D eigenvalue weighted by molar-refractivity contribution is -0.943. The van der Waals surface area contributed by atoms with E-state index in [1.54, 1.807) is 24.3 Å². The number of benzene rings is 3. The Hall–Kier alpha value is -2.97. The average molecular weight is 600 g/mol. The third kappa shape index (κ3) is 6.12. The number of hydrogen-bond acceptors (Lipinski definition) is 3. The molecule has 2 bridgehead atoms.